The van der Waals surface area contributed by atoms with Crippen LogP contribution in [0.4, 0.5) is 5.82 Å². The lowest BCUT2D eigenvalue weighted by Crippen LogP contribution is -2.40. The molecule has 31 heavy (non-hydrogen) atoms. The fraction of sp³-hybridized carbons (Fsp3) is 0.450. The lowest BCUT2D eigenvalue weighted by atomic mass is 10.3. The van der Waals surface area contributed by atoms with Crippen molar-refractivity contribution in [2.24, 2.45) is 0 Å². The van der Waals surface area contributed by atoms with Gasteiger partial charge in [-0.3, -0.25) is 0 Å². The maximum atomic E-state index is 13.0. The summed E-state index contributed by atoms with van der Waals surface area (Å²) in [7, 11) is -3.57. The van der Waals surface area contributed by atoms with Gasteiger partial charge in [0.25, 0.3) is 0 Å². The van der Waals surface area contributed by atoms with Crippen LogP contribution in [0.15, 0.2) is 34.3 Å². The smallest absolute Gasteiger partial charge is 0.243 e. The second-order valence-corrected chi connectivity index (χ2v) is 10.2. The number of morpholine rings is 1. The summed E-state index contributed by atoms with van der Waals surface area (Å²) in [5.74, 6) is 1.85. The zero-order valence-corrected chi connectivity index (χ0v) is 19.2. The maximum Gasteiger partial charge on any atom is 0.243 e. The number of aromatic nitrogens is 4. The topological polar surface area (TPSA) is 116 Å². The third kappa shape index (κ3) is 4.69. The summed E-state index contributed by atoms with van der Waals surface area (Å²) in [6, 6.07) is 6.91. The van der Waals surface area contributed by atoms with Gasteiger partial charge in [-0.05, 0) is 31.5 Å². The molecule has 0 saturated carbocycles. The highest BCUT2D eigenvalue weighted by atomic mass is 32.2. The molecule has 1 aliphatic rings. The highest BCUT2D eigenvalue weighted by Gasteiger charge is 2.27. The number of thioether (sulfide) groups is 1. The summed E-state index contributed by atoms with van der Waals surface area (Å²) in [4.78, 5) is 13.7. The number of rotatable bonds is 7. The van der Waals surface area contributed by atoms with E-state index in [1.54, 1.807) is 18.2 Å². The molecular formula is C20H26N6O3S2. The average Bonchev–Trinajstić information content (AvgIpc) is 3.09. The number of benzene rings is 1. The normalized spacial score (nSPS) is 15.5. The predicted octanol–water partition coefficient (Wildman–Crippen LogP) is 2.44. The molecule has 0 spiro atoms. The standard InChI is InChI=1S/C20H26N6O3S2/c1-3-6-26-17-5-4-15(31(27,28)25-7-9-29-10-8-25)12-16(17)23-19(26)13-30-20-22-14(2)11-18(21)24-20/h4-5,11-12H,3,6-10,13H2,1-2H3,(H2,21,22,24). The van der Waals surface area contributed by atoms with Crippen LogP contribution in [0.25, 0.3) is 11.0 Å². The minimum Gasteiger partial charge on any atom is -0.384 e. The lowest BCUT2D eigenvalue weighted by molar-refractivity contribution is 0.0730. The van der Waals surface area contributed by atoms with Gasteiger partial charge in [-0.25, -0.2) is 23.4 Å². The van der Waals surface area contributed by atoms with Gasteiger partial charge in [-0.2, -0.15) is 4.31 Å². The number of nitrogens with two attached hydrogens (primary N) is 1. The number of hydrogen-bond donors (Lipinski definition) is 1. The van der Waals surface area contributed by atoms with Crippen molar-refractivity contribution in [2.75, 3.05) is 32.0 Å². The van der Waals surface area contributed by atoms with E-state index in [4.69, 9.17) is 15.5 Å². The molecular weight excluding hydrogens is 436 g/mol. The van der Waals surface area contributed by atoms with E-state index in [-0.39, 0.29) is 4.90 Å². The first-order valence-electron chi connectivity index (χ1n) is 10.2. The van der Waals surface area contributed by atoms with Gasteiger partial charge in [-0.15, -0.1) is 0 Å². The first-order valence-corrected chi connectivity index (χ1v) is 12.6. The Kier molecular flexibility index (Phi) is 6.47. The molecule has 2 aromatic heterocycles. The van der Waals surface area contributed by atoms with E-state index in [0.29, 0.717) is 48.5 Å². The lowest BCUT2D eigenvalue weighted by Gasteiger charge is -2.26. The number of imidazole rings is 1. The molecule has 9 nitrogen and oxygen atoms in total. The Morgan fingerprint density at radius 3 is 2.65 bits per heavy atom. The summed E-state index contributed by atoms with van der Waals surface area (Å²) < 4.78 is 34.9. The Labute approximate surface area is 186 Å². The number of hydrogen-bond acceptors (Lipinski definition) is 8. The third-order valence-electron chi connectivity index (χ3n) is 5.04. The van der Waals surface area contributed by atoms with Gasteiger partial charge >= 0.3 is 0 Å². The Bertz CT molecular complexity index is 1170. The minimum absolute atomic E-state index is 0.261. The zero-order chi connectivity index (χ0) is 22.0. The maximum absolute atomic E-state index is 13.0. The van der Waals surface area contributed by atoms with Crippen LogP contribution < -0.4 is 5.73 Å². The van der Waals surface area contributed by atoms with Gasteiger partial charge in [0, 0.05) is 31.4 Å². The van der Waals surface area contributed by atoms with Crippen LogP contribution in [0.1, 0.15) is 24.9 Å². The van der Waals surface area contributed by atoms with E-state index in [1.807, 2.05) is 13.0 Å². The van der Waals surface area contributed by atoms with Crippen LogP contribution in [-0.2, 0) is 27.1 Å². The number of anilines is 1. The SMILES string of the molecule is CCCn1c(CSc2nc(C)cc(N)n2)nc2cc(S(=O)(=O)N3CCOCC3)ccc21. The molecule has 0 bridgehead atoms. The van der Waals surface area contributed by atoms with E-state index in [1.165, 1.54) is 16.1 Å². The summed E-state index contributed by atoms with van der Waals surface area (Å²) in [5, 5.41) is 0.600. The van der Waals surface area contributed by atoms with Crippen LogP contribution in [-0.4, -0.2) is 58.5 Å². The van der Waals surface area contributed by atoms with E-state index < -0.39 is 10.0 Å². The Morgan fingerprint density at radius 1 is 1.16 bits per heavy atom. The molecule has 11 heteroatoms. The molecule has 0 amide bonds. The molecule has 1 aromatic carbocycles. The average molecular weight is 463 g/mol. The fourth-order valence-corrected chi connectivity index (χ4v) is 5.88. The van der Waals surface area contributed by atoms with Gasteiger partial charge in [-0.1, -0.05) is 18.7 Å². The van der Waals surface area contributed by atoms with Gasteiger partial charge in [0.2, 0.25) is 10.0 Å². The van der Waals surface area contributed by atoms with Crippen molar-refractivity contribution in [1.29, 1.82) is 0 Å². The molecule has 0 radical (unpaired) electrons. The molecule has 3 heterocycles. The second-order valence-electron chi connectivity index (χ2n) is 7.35. The first kappa shape index (κ1) is 22.0. The van der Waals surface area contributed by atoms with Gasteiger partial charge in [0.1, 0.15) is 11.6 Å². The largest absolute Gasteiger partial charge is 0.384 e. The van der Waals surface area contributed by atoms with Crippen LogP contribution in [0.3, 0.4) is 0 Å². The van der Waals surface area contributed by atoms with Gasteiger partial charge in [0.05, 0.1) is 34.9 Å². The summed E-state index contributed by atoms with van der Waals surface area (Å²) in [6.07, 6.45) is 0.935. The van der Waals surface area contributed by atoms with Crippen molar-refractivity contribution in [1.82, 2.24) is 23.8 Å². The highest BCUT2D eigenvalue weighted by molar-refractivity contribution is 7.98. The third-order valence-corrected chi connectivity index (χ3v) is 7.78. The van der Waals surface area contributed by atoms with E-state index in [2.05, 4.69) is 21.5 Å². The van der Waals surface area contributed by atoms with Crippen molar-refractivity contribution in [3.63, 3.8) is 0 Å². The molecule has 166 valence electrons. The molecule has 0 unspecified atom stereocenters. The molecule has 0 aliphatic carbocycles. The Balaban J connectivity index is 1.65. The van der Waals surface area contributed by atoms with E-state index in [9.17, 15) is 8.42 Å². The number of nitrogens with zero attached hydrogens (tertiary/aromatic N) is 5. The van der Waals surface area contributed by atoms with Crippen LogP contribution in [0.5, 0.6) is 0 Å². The fourth-order valence-electron chi connectivity index (χ4n) is 3.60. The monoisotopic (exact) mass is 462 g/mol. The Morgan fingerprint density at radius 2 is 1.94 bits per heavy atom. The molecule has 4 rings (SSSR count). The van der Waals surface area contributed by atoms with Crippen molar-refractivity contribution in [3.05, 3.63) is 35.8 Å². The van der Waals surface area contributed by atoms with Crippen molar-refractivity contribution in [2.45, 2.75) is 42.6 Å². The van der Waals surface area contributed by atoms with Gasteiger partial charge in [0.15, 0.2) is 5.16 Å². The van der Waals surface area contributed by atoms with Crippen molar-refractivity contribution < 1.29 is 13.2 Å². The summed E-state index contributed by atoms with van der Waals surface area (Å²) >= 11 is 1.46. The number of sulfonamides is 1. The predicted molar refractivity (Wildman–Crippen MR) is 120 cm³/mol. The molecule has 1 fully saturated rings. The minimum atomic E-state index is -3.57. The van der Waals surface area contributed by atoms with Gasteiger partial charge < -0.3 is 15.0 Å². The van der Waals surface area contributed by atoms with E-state index in [0.717, 1.165) is 30.0 Å². The number of aryl methyl sites for hydroxylation is 2. The van der Waals surface area contributed by atoms with E-state index >= 15 is 0 Å². The van der Waals surface area contributed by atoms with Crippen LogP contribution in [0.2, 0.25) is 0 Å². The highest BCUT2D eigenvalue weighted by Crippen LogP contribution is 2.27. The Hall–Kier alpha value is -2.21. The molecule has 1 aliphatic heterocycles. The van der Waals surface area contributed by atoms with Crippen LogP contribution in [0, 0.1) is 6.92 Å². The number of fused-ring (bicyclic) bond motifs is 1. The zero-order valence-electron chi connectivity index (χ0n) is 17.6. The molecule has 1 saturated heterocycles. The quantitative estimate of drug-likeness (QED) is 0.420. The van der Waals surface area contributed by atoms with Crippen molar-refractivity contribution in [3.8, 4) is 0 Å². The summed E-state index contributed by atoms with van der Waals surface area (Å²) in [6.45, 7) is 6.34. The summed E-state index contributed by atoms with van der Waals surface area (Å²) in [5.41, 5.74) is 8.24. The number of ether oxygens (including phenoxy) is 1. The molecule has 2 N–H and O–H groups in total. The van der Waals surface area contributed by atoms with Crippen LogP contribution >= 0.6 is 11.8 Å². The molecule has 0 atom stereocenters. The second kappa shape index (κ2) is 9.11. The van der Waals surface area contributed by atoms with Crippen molar-refractivity contribution >= 4 is 38.6 Å². The first-order chi connectivity index (χ1) is 14.9. The number of nitrogen functional groups attached to an aromatic ring is 1. The molecule has 3 aromatic rings.